The molecule has 0 aliphatic carbocycles. The average molecular weight is 400 g/mol. The maximum absolute atomic E-state index is 10.9. The smallest absolute Gasteiger partial charge is 0.364 e. The first-order chi connectivity index (χ1) is 12.6. The van der Waals surface area contributed by atoms with Crippen molar-refractivity contribution < 1.29 is 65.0 Å². The number of carboxylic acid groups (broad SMARTS) is 1. The highest BCUT2D eigenvalue weighted by Crippen LogP contribution is 2.40. The maximum atomic E-state index is 10.9. The number of ether oxygens (including phenoxy) is 3. The Morgan fingerprint density at radius 1 is 0.852 bits per heavy atom. The van der Waals surface area contributed by atoms with E-state index >= 15 is 0 Å². The van der Waals surface area contributed by atoms with E-state index in [9.17, 15) is 15.0 Å². The number of carboxylic acids is 1. The van der Waals surface area contributed by atoms with E-state index in [0.717, 1.165) is 0 Å². The molecule has 3 fully saturated rings. The Bertz CT molecular complexity index is 508. The highest BCUT2D eigenvalue weighted by atomic mass is 16.8. The summed E-state index contributed by atoms with van der Waals surface area (Å²) in [5.41, 5.74) is 0. The second-order valence-electron chi connectivity index (χ2n) is 6.46. The molecular formula is C14H24O13. The molecule has 3 aliphatic rings. The zero-order chi connectivity index (χ0) is 20.5. The minimum absolute atomic E-state index is 0.351. The van der Waals surface area contributed by atoms with Crippen LogP contribution in [0.3, 0.4) is 0 Å². The third-order valence-electron chi connectivity index (χ3n) is 4.62. The van der Waals surface area contributed by atoms with Crippen LogP contribution in [0.4, 0.5) is 0 Å². The molecule has 158 valence electrons. The predicted molar refractivity (Wildman–Crippen MR) is 79.8 cm³/mol. The first-order valence-electron chi connectivity index (χ1n) is 8.12. The highest BCUT2D eigenvalue weighted by Gasteiger charge is 2.61. The number of carbonyl (C=O) groups is 1. The molecule has 9 unspecified atom stereocenters. The number of hydrogen-bond donors (Lipinski definition) is 9. The molecular weight excluding hydrogens is 376 g/mol. The van der Waals surface area contributed by atoms with Crippen molar-refractivity contribution in [3.05, 3.63) is 0 Å². The molecule has 9 N–H and O–H groups in total. The van der Waals surface area contributed by atoms with Gasteiger partial charge in [0.15, 0.2) is 6.29 Å². The van der Waals surface area contributed by atoms with Gasteiger partial charge in [-0.1, -0.05) is 0 Å². The molecule has 0 saturated carbocycles. The molecule has 27 heavy (non-hydrogen) atoms. The zero-order valence-electron chi connectivity index (χ0n) is 14.0. The molecule has 10 atom stereocenters. The van der Waals surface area contributed by atoms with Gasteiger partial charge in [-0.3, -0.25) is 0 Å². The topological polar surface area (TPSA) is 227 Å². The second-order valence-corrected chi connectivity index (χ2v) is 6.46. The van der Waals surface area contributed by atoms with Crippen LogP contribution >= 0.6 is 0 Å². The lowest BCUT2D eigenvalue weighted by molar-refractivity contribution is -0.286. The van der Waals surface area contributed by atoms with Crippen molar-refractivity contribution >= 4 is 5.97 Å². The molecule has 3 rings (SSSR count). The highest BCUT2D eigenvalue weighted by molar-refractivity contribution is 5.76. The SMILES string of the molecule is O=C(O)[C@@]12CC(O)C(O)C(O1)C(CO)O2.OCC1OC(O)C(O)C(O)C1O. The van der Waals surface area contributed by atoms with Gasteiger partial charge in [-0.2, -0.15) is 0 Å². The van der Waals surface area contributed by atoms with Crippen LogP contribution in [0.1, 0.15) is 6.42 Å². The van der Waals surface area contributed by atoms with Crippen LogP contribution in [0.2, 0.25) is 0 Å². The molecule has 0 aromatic carbocycles. The summed E-state index contributed by atoms with van der Waals surface area (Å²) in [4.78, 5) is 10.9. The van der Waals surface area contributed by atoms with Gasteiger partial charge >= 0.3 is 5.97 Å². The maximum Gasteiger partial charge on any atom is 0.364 e. The minimum Gasteiger partial charge on any atom is -0.477 e. The first-order valence-corrected chi connectivity index (χ1v) is 8.12. The normalized spacial score (nSPS) is 49.3. The van der Waals surface area contributed by atoms with Crippen molar-refractivity contribution in [1.82, 2.24) is 0 Å². The summed E-state index contributed by atoms with van der Waals surface area (Å²) in [5.74, 6) is -3.30. The summed E-state index contributed by atoms with van der Waals surface area (Å²) in [5, 5.41) is 81.4. The fourth-order valence-corrected chi connectivity index (χ4v) is 3.05. The summed E-state index contributed by atoms with van der Waals surface area (Å²) in [6.07, 6.45) is -11.8. The van der Waals surface area contributed by atoms with Crippen molar-refractivity contribution in [2.24, 2.45) is 0 Å². The van der Waals surface area contributed by atoms with Crippen LogP contribution in [0.25, 0.3) is 0 Å². The molecule has 13 nitrogen and oxygen atoms in total. The fourth-order valence-electron chi connectivity index (χ4n) is 3.05. The molecule has 0 aromatic rings. The lowest BCUT2D eigenvalue weighted by Crippen LogP contribution is -2.58. The molecule has 0 spiro atoms. The molecule has 0 amide bonds. The quantitative estimate of drug-likeness (QED) is 0.216. The van der Waals surface area contributed by atoms with E-state index in [1.54, 1.807) is 0 Å². The van der Waals surface area contributed by atoms with Gasteiger partial charge in [0, 0.05) is 6.42 Å². The largest absolute Gasteiger partial charge is 0.477 e. The summed E-state index contributed by atoms with van der Waals surface area (Å²) in [6.45, 7) is -0.995. The number of rotatable bonds is 3. The van der Waals surface area contributed by atoms with Gasteiger partial charge in [0.05, 0.1) is 19.3 Å². The van der Waals surface area contributed by atoms with Gasteiger partial charge in [-0.05, 0) is 0 Å². The summed E-state index contributed by atoms with van der Waals surface area (Å²) >= 11 is 0. The van der Waals surface area contributed by atoms with E-state index in [2.05, 4.69) is 4.74 Å². The lowest BCUT2D eigenvalue weighted by Gasteiger charge is -2.37. The number of hydrogen-bond acceptors (Lipinski definition) is 12. The van der Waals surface area contributed by atoms with Gasteiger partial charge in [-0.15, -0.1) is 0 Å². The first kappa shape index (κ1) is 22.3. The van der Waals surface area contributed by atoms with Crippen molar-refractivity contribution in [2.45, 2.75) is 67.3 Å². The third-order valence-corrected chi connectivity index (χ3v) is 4.62. The Labute approximate surface area is 152 Å². The van der Waals surface area contributed by atoms with Crippen molar-refractivity contribution in [1.29, 1.82) is 0 Å². The van der Waals surface area contributed by atoms with E-state index in [0.29, 0.717) is 0 Å². The van der Waals surface area contributed by atoms with Crippen LogP contribution in [0.15, 0.2) is 0 Å². The number of aliphatic hydroxyl groups is 8. The molecule has 0 radical (unpaired) electrons. The average Bonchev–Trinajstić information content (AvgIpc) is 2.98. The van der Waals surface area contributed by atoms with Crippen LogP contribution < -0.4 is 0 Å². The van der Waals surface area contributed by atoms with Crippen LogP contribution in [0.5, 0.6) is 0 Å². The Balaban J connectivity index is 0.000000199. The van der Waals surface area contributed by atoms with Gasteiger partial charge in [0.25, 0.3) is 5.79 Å². The standard InChI is InChI=1S/C8H12O7.C6H12O6/c9-2-4-6-5(11)3(10)1-8(14-4,15-6)7(12)13;7-1-2-3(8)4(9)5(10)6(11)12-2/h3-6,9-11H,1-2H2,(H,12,13);2-11H,1H2/t3?,4?,5?,6?,8-;/m1./s1. The number of aliphatic carboxylic acids is 1. The monoisotopic (exact) mass is 400 g/mol. The molecule has 3 aliphatic heterocycles. The summed E-state index contributed by atoms with van der Waals surface area (Å²) in [7, 11) is 0. The zero-order valence-corrected chi connectivity index (χ0v) is 14.0. The summed E-state index contributed by atoms with van der Waals surface area (Å²) in [6, 6.07) is 0. The Kier molecular flexibility index (Phi) is 7.10. The summed E-state index contributed by atoms with van der Waals surface area (Å²) < 4.78 is 14.6. The van der Waals surface area contributed by atoms with E-state index in [1.807, 2.05) is 0 Å². The van der Waals surface area contributed by atoms with Crippen LogP contribution in [-0.4, -0.2) is 126 Å². The third kappa shape index (κ3) is 4.23. The lowest BCUT2D eigenvalue weighted by atomic mass is 9.96. The van der Waals surface area contributed by atoms with Crippen molar-refractivity contribution in [3.8, 4) is 0 Å². The van der Waals surface area contributed by atoms with E-state index in [-0.39, 0.29) is 6.42 Å². The predicted octanol–water partition coefficient (Wildman–Crippen LogP) is -5.55. The molecule has 13 heteroatoms. The van der Waals surface area contributed by atoms with E-state index < -0.39 is 80.1 Å². The molecule has 3 heterocycles. The van der Waals surface area contributed by atoms with E-state index in [1.165, 1.54) is 0 Å². The Morgan fingerprint density at radius 3 is 1.96 bits per heavy atom. The molecule has 0 aromatic heterocycles. The number of aliphatic hydroxyl groups excluding tert-OH is 8. The van der Waals surface area contributed by atoms with Gasteiger partial charge < -0.3 is 60.2 Å². The Morgan fingerprint density at radius 2 is 1.44 bits per heavy atom. The van der Waals surface area contributed by atoms with Crippen molar-refractivity contribution in [3.63, 3.8) is 0 Å². The van der Waals surface area contributed by atoms with Gasteiger partial charge in [-0.25, -0.2) is 4.79 Å². The van der Waals surface area contributed by atoms with Gasteiger partial charge in [0.2, 0.25) is 0 Å². The van der Waals surface area contributed by atoms with Crippen LogP contribution in [-0.2, 0) is 19.0 Å². The molecule has 2 bridgehead atoms. The van der Waals surface area contributed by atoms with Crippen LogP contribution in [0, 0.1) is 0 Å². The number of fused-ring (bicyclic) bond motifs is 2. The van der Waals surface area contributed by atoms with Gasteiger partial charge in [0.1, 0.15) is 42.7 Å². The molecule has 3 saturated heterocycles. The van der Waals surface area contributed by atoms with E-state index in [4.69, 9.17) is 45.2 Å². The minimum atomic E-state index is -1.93. The second kappa shape index (κ2) is 8.59. The Hall–Kier alpha value is -0.970. The van der Waals surface area contributed by atoms with Crippen molar-refractivity contribution in [2.75, 3.05) is 13.2 Å². The fraction of sp³-hybridized carbons (Fsp3) is 0.929.